The first-order valence-electron chi connectivity index (χ1n) is 6.28. The highest BCUT2D eigenvalue weighted by molar-refractivity contribution is 6.03. The van der Waals surface area contributed by atoms with E-state index in [4.69, 9.17) is 0 Å². The van der Waals surface area contributed by atoms with Crippen LogP contribution in [0.4, 0.5) is 0 Å². The first kappa shape index (κ1) is 9.23. The average Bonchev–Trinajstić information content (AvgIpc) is 2.37. The minimum absolute atomic E-state index is 0.544. The van der Waals surface area contributed by atoms with Gasteiger partial charge >= 0.3 is 0 Å². The Bertz CT molecular complexity index is 686. The molecule has 0 aromatic heterocycles. The summed E-state index contributed by atoms with van der Waals surface area (Å²) in [5.41, 5.74) is 5.87. The van der Waals surface area contributed by atoms with Gasteiger partial charge in [-0.3, -0.25) is 0 Å². The Morgan fingerprint density at radius 3 is 3.00 bits per heavy atom. The molecule has 2 aliphatic carbocycles. The predicted molar refractivity (Wildman–Crippen MR) is 74.0 cm³/mol. The van der Waals surface area contributed by atoms with E-state index in [0.29, 0.717) is 5.92 Å². The van der Waals surface area contributed by atoms with E-state index >= 15 is 0 Å². The van der Waals surface area contributed by atoms with Gasteiger partial charge < -0.3 is 0 Å². The van der Waals surface area contributed by atoms with Crippen molar-refractivity contribution in [2.24, 2.45) is 0 Å². The molecule has 82 valence electrons. The lowest BCUT2D eigenvalue weighted by molar-refractivity contribution is 0.967. The molecule has 0 saturated heterocycles. The molecule has 4 rings (SSSR count). The number of rotatable bonds is 0. The van der Waals surface area contributed by atoms with Gasteiger partial charge in [-0.2, -0.15) is 0 Å². The zero-order valence-electron chi connectivity index (χ0n) is 9.90. The molecule has 0 fully saturated rings. The van der Waals surface area contributed by atoms with Gasteiger partial charge in [0.1, 0.15) is 0 Å². The fourth-order valence-electron chi connectivity index (χ4n) is 3.25. The van der Waals surface area contributed by atoms with E-state index in [0.717, 1.165) is 6.42 Å². The van der Waals surface area contributed by atoms with E-state index in [-0.39, 0.29) is 0 Å². The highest BCUT2D eigenvalue weighted by atomic mass is 14.3. The lowest BCUT2D eigenvalue weighted by Crippen LogP contribution is -2.05. The van der Waals surface area contributed by atoms with Crippen LogP contribution in [0.15, 0.2) is 42.5 Å². The highest BCUT2D eigenvalue weighted by Crippen LogP contribution is 2.43. The second-order valence-corrected chi connectivity index (χ2v) is 5.06. The molecule has 1 atom stereocenters. The van der Waals surface area contributed by atoms with Gasteiger partial charge in [0.05, 0.1) is 0 Å². The molecule has 0 heteroatoms. The zero-order valence-corrected chi connectivity index (χ0v) is 9.90. The van der Waals surface area contributed by atoms with E-state index in [1.54, 1.807) is 0 Å². The molecular weight excluding hydrogens is 204 g/mol. The summed E-state index contributed by atoms with van der Waals surface area (Å²) < 4.78 is 0. The minimum atomic E-state index is 0.544. The molecule has 0 amide bonds. The van der Waals surface area contributed by atoms with E-state index in [1.807, 2.05) is 0 Å². The van der Waals surface area contributed by atoms with Crippen LogP contribution in [0, 0.1) is 0 Å². The van der Waals surface area contributed by atoms with Crippen LogP contribution in [0.5, 0.6) is 0 Å². The van der Waals surface area contributed by atoms with Crippen molar-refractivity contribution in [3.05, 3.63) is 59.2 Å². The summed E-state index contributed by atoms with van der Waals surface area (Å²) >= 11 is 0. The van der Waals surface area contributed by atoms with Gasteiger partial charge in [0.2, 0.25) is 0 Å². The van der Waals surface area contributed by atoms with Gasteiger partial charge in [-0.15, -0.1) is 0 Å². The number of allylic oxidation sites excluding steroid dienone is 3. The Hall–Kier alpha value is -1.82. The lowest BCUT2D eigenvalue weighted by Gasteiger charge is -2.26. The van der Waals surface area contributed by atoms with Crippen LogP contribution in [-0.4, -0.2) is 0 Å². The Morgan fingerprint density at radius 1 is 1.12 bits per heavy atom. The van der Waals surface area contributed by atoms with Crippen LogP contribution in [0.2, 0.25) is 0 Å². The van der Waals surface area contributed by atoms with Crippen LogP contribution in [0.25, 0.3) is 22.4 Å². The normalized spacial score (nSPS) is 20.5. The largest absolute Gasteiger partial charge is 0.0795 e. The fraction of sp³-hybridized carbons (Fsp3) is 0.176. The summed E-state index contributed by atoms with van der Waals surface area (Å²) in [6.45, 7) is 2.30. The molecule has 0 aliphatic heterocycles. The maximum Gasteiger partial charge on any atom is 0.000209 e. The van der Waals surface area contributed by atoms with Crippen molar-refractivity contribution in [2.45, 2.75) is 19.3 Å². The molecule has 17 heavy (non-hydrogen) atoms. The Morgan fingerprint density at radius 2 is 2.06 bits per heavy atom. The van der Waals surface area contributed by atoms with Crippen LogP contribution >= 0.6 is 0 Å². The molecule has 0 N–H and O–H groups in total. The van der Waals surface area contributed by atoms with Gasteiger partial charge in [0, 0.05) is 5.92 Å². The van der Waals surface area contributed by atoms with Crippen LogP contribution in [0.1, 0.15) is 36.0 Å². The molecule has 2 aromatic rings. The topological polar surface area (TPSA) is 0 Å². The Labute approximate surface area is 101 Å². The number of hydrogen-bond acceptors (Lipinski definition) is 0. The first-order chi connectivity index (χ1) is 8.34. The molecule has 0 heterocycles. The number of benzene rings is 2. The van der Waals surface area contributed by atoms with E-state index < -0.39 is 0 Å². The van der Waals surface area contributed by atoms with Crippen molar-refractivity contribution in [1.82, 2.24) is 0 Å². The second-order valence-electron chi connectivity index (χ2n) is 5.06. The van der Waals surface area contributed by atoms with Crippen molar-refractivity contribution < 1.29 is 0 Å². The summed E-state index contributed by atoms with van der Waals surface area (Å²) in [7, 11) is 0. The van der Waals surface area contributed by atoms with Crippen molar-refractivity contribution >= 4 is 22.4 Å². The average molecular weight is 218 g/mol. The molecule has 0 spiro atoms. The molecule has 0 bridgehead atoms. The minimum Gasteiger partial charge on any atom is -0.0795 e. The first-order valence-corrected chi connectivity index (χ1v) is 6.28. The monoisotopic (exact) mass is 218 g/mol. The Balaban J connectivity index is 2.26. The fourth-order valence-corrected chi connectivity index (χ4v) is 3.25. The lowest BCUT2D eigenvalue weighted by atomic mass is 9.78. The second kappa shape index (κ2) is 3.10. The zero-order chi connectivity index (χ0) is 11.4. The highest BCUT2D eigenvalue weighted by Gasteiger charge is 2.22. The molecular formula is C17H14. The third-order valence-corrected chi connectivity index (χ3v) is 4.01. The third-order valence-electron chi connectivity index (χ3n) is 4.01. The van der Waals surface area contributed by atoms with E-state index in [1.165, 1.54) is 33.0 Å². The quantitative estimate of drug-likeness (QED) is 0.598. The van der Waals surface area contributed by atoms with Gasteiger partial charge in [0.15, 0.2) is 0 Å². The van der Waals surface area contributed by atoms with Crippen LogP contribution in [0.3, 0.4) is 0 Å². The summed E-state index contributed by atoms with van der Waals surface area (Å²) in [4.78, 5) is 0. The van der Waals surface area contributed by atoms with Crippen LogP contribution in [-0.2, 0) is 0 Å². The molecule has 0 saturated carbocycles. The third kappa shape index (κ3) is 1.13. The maximum atomic E-state index is 2.43. The van der Waals surface area contributed by atoms with Crippen LogP contribution < -0.4 is 0 Å². The Kier molecular flexibility index (Phi) is 1.69. The summed E-state index contributed by atoms with van der Waals surface area (Å²) in [6, 6.07) is 11.2. The van der Waals surface area contributed by atoms with Crippen molar-refractivity contribution in [1.29, 1.82) is 0 Å². The van der Waals surface area contributed by atoms with Crippen molar-refractivity contribution in [2.75, 3.05) is 0 Å². The molecule has 0 radical (unpaired) electrons. The van der Waals surface area contributed by atoms with E-state index in [2.05, 4.69) is 55.5 Å². The van der Waals surface area contributed by atoms with Crippen molar-refractivity contribution in [3.63, 3.8) is 0 Å². The summed E-state index contributed by atoms with van der Waals surface area (Å²) in [5, 5.41) is 2.87. The van der Waals surface area contributed by atoms with Gasteiger partial charge in [-0.05, 0) is 39.5 Å². The smallest absolute Gasteiger partial charge is 0.000209 e. The van der Waals surface area contributed by atoms with E-state index in [9.17, 15) is 0 Å². The van der Waals surface area contributed by atoms with Crippen molar-refractivity contribution in [3.8, 4) is 0 Å². The SMILES string of the molecule is CC1C=C2CC=Cc3ccc4cccc1c4c32. The van der Waals surface area contributed by atoms with Gasteiger partial charge in [0.25, 0.3) is 0 Å². The van der Waals surface area contributed by atoms with Gasteiger partial charge in [-0.1, -0.05) is 55.5 Å². The predicted octanol–water partition coefficient (Wildman–Crippen LogP) is 4.76. The van der Waals surface area contributed by atoms with Gasteiger partial charge in [-0.25, -0.2) is 0 Å². The molecule has 2 aliphatic rings. The molecule has 0 nitrogen and oxygen atoms in total. The number of hydrogen-bond donors (Lipinski definition) is 0. The maximum absolute atomic E-state index is 2.43. The molecule has 1 unspecified atom stereocenters. The molecule has 2 aromatic carbocycles. The summed E-state index contributed by atoms with van der Waals surface area (Å²) in [6.07, 6.45) is 8.06. The summed E-state index contributed by atoms with van der Waals surface area (Å²) in [5.74, 6) is 0.544. The standard InChI is InChI=1S/C17H14/c1-11-10-14-6-2-4-12-8-9-13-5-3-7-15(11)17(13)16(12)14/h2-5,7-11H,6H2,1H3.